The van der Waals surface area contributed by atoms with E-state index in [4.69, 9.17) is 4.74 Å². The third kappa shape index (κ3) is 4.76. The van der Waals surface area contributed by atoms with Crippen LogP contribution in [-0.2, 0) is 17.6 Å². The summed E-state index contributed by atoms with van der Waals surface area (Å²) in [5, 5.41) is 3.90. The Hall–Kier alpha value is -3.08. The van der Waals surface area contributed by atoms with Gasteiger partial charge in [-0.15, -0.1) is 0 Å². The molecule has 5 heteroatoms. The van der Waals surface area contributed by atoms with Gasteiger partial charge in [-0.1, -0.05) is 29.8 Å². The van der Waals surface area contributed by atoms with Gasteiger partial charge in [-0.05, 0) is 55.0 Å². The summed E-state index contributed by atoms with van der Waals surface area (Å²) < 4.78 is 5.30. The van der Waals surface area contributed by atoms with Crippen LogP contribution >= 0.6 is 0 Å². The van der Waals surface area contributed by atoms with Crippen LogP contribution < -0.4 is 15.6 Å². The van der Waals surface area contributed by atoms with Crippen molar-refractivity contribution in [1.82, 2.24) is 10.3 Å². The van der Waals surface area contributed by atoms with E-state index >= 15 is 0 Å². The number of rotatable bonds is 7. The fourth-order valence-electron chi connectivity index (χ4n) is 3.14. The monoisotopic (exact) mass is 364 g/mol. The lowest BCUT2D eigenvalue weighted by molar-refractivity contribution is -0.121. The molecule has 3 rings (SSSR count). The Morgan fingerprint density at radius 1 is 1.07 bits per heavy atom. The molecule has 0 bridgehead atoms. The summed E-state index contributed by atoms with van der Waals surface area (Å²) in [4.78, 5) is 27.2. The lowest BCUT2D eigenvalue weighted by Gasteiger charge is -2.09. The highest BCUT2D eigenvalue weighted by atomic mass is 16.5. The van der Waals surface area contributed by atoms with Gasteiger partial charge in [0.25, 0.3) is 5.56 Å². The molecule has 3 aromatic rings. The third-order valence-electron chi connectivity index (χ3n) is 4.61. The normalized spacial score (nSPS) is 10.7. The number of aromatic amines is 1. The topological polar surface area (TPSA) is 71.2 Å². The van der Waals surface area contributed by atoms with Crippen LogP contribution in [0.4, 0.5) is 0 Å². The first-order valence-electron chi connectivity index (χ1n) is 9.08. The number of aryl methyl sites for hydroxylation is 2. The Morgan fingerprint density at radius 3 is 2.70 bits per heavy atom. The van der Waals surface area contributed by atoms with E-state index in [0.29, 0.717) is 31.4 Å². The van der Waals surface area contributed by atoms with Crippen LogP contribution in [0.1, 0.15) is 23.1 Å². The fourth-order valence-corrected chi connectivity index (χ4v) is 3.14. The second-order valence-electron chi connectivity index (χ2n) is 6.63. The molecule has 1 amide bonds. The number of carbonyl (C=O) groups is 1. The van der Waals surface area contributed by atoms with Crippen molar-refractivity contribution < 1.29 is 9.53 Å². The first-order valence-corrected chi connectivity index (χ1v) is 9.08. The lowest BCUT2D eigenvalue weighted by atomic mass is 10.1. The molecular formula is C22H24N2O3. The van der Waals surface area contributed by atoms with Gasteiger partial charge in [0.2, 0.25) is 5.91 Å². The number of fused-ring (bicyclic) bond motifs is 1. The molecule has 0 aliphatic carbocycles. The number of H-pyrrole nitrogens is 1. The van der Waals surface area contributed by atoms with Crippen molar-refractivity contribution >= 4 is 16.8 Å². The van der Waals surface area contributed by atoms with Gasteiger partial charge in [0.15, 0.2) is 0 Å². The van der Waals surface area contributed by atoms with E-state index < -0.39 is 0 Å². The first kappa shape index (κ1) is 18.7. The number of hydrogen-bond acceptors (Lipinski definition) is 3. The number of para-hydroxylation sites is 1. The summed E-state index contributed by atoms with van der Waals surface area (Å²) in [5.41, 5.74) is 3.56. The number of carbonyl (C=O) groups excluding carboxylic acids is 1. The molecule has 0 spiro atoms. The van der Waals surface area contributed by atoms with Gasteiger partial charge in [-0.2, -0.15) is 0 Å². The fraction of sp³-hybridized carbons (Fsp3) is 0.273. The molecule has 140 valence electrons. The van der Waals surface area contributed by atoms with Crippen LogP contribution in [0.3, 0.4) is 0 Å². The van der Waals surface area contributed by atoms with E-state index in [-0.39, 0.29) is 11.5 Å². The molecule has 0 aliphatic heterocycles. The SMILES string of the molecule is COc1ccccc1CCC(=O)NCCc1cc2cc(C)ccc2[nH]c1=O. The van der Waals surface area contributed by atoms with Crippen molar-refractivity contribution in [3.63, 3.8) is 0 Å². The molecule has 27 heavy (non-hydrogen) atoms. The van der Waals surface area contributed by atoms with Crippen LogP contribution in [0.2, 0.25) is 0 Å². The summed E-state index contributed by atoms with van der Waals surface area (Å²) in [6, 6.07) is 15.5. The Kier molecular flexibility index (Phi) is 5.91. The van der Waals surface area contributed by atoms with Crippen LogP contribution in [0, 0.1) is 6.92 Å². The van der Waals surface area contributed by atoms with Gasteiger partial charge in [0.05, 0.1) is 7.11 Å². The van der Waals surface area contributed by atoms with E-state index in [1.807, 2.05) is 55.5 Å². The van der Waals surface area contributed by atoms with E-state index in [0.717, 1.165) is 27.8 Å². The molecule has 2 aromatic carbocycles. The number of aromatic nitrogens is 1. The smallest absolute Gasteiger partial charge is 0.251 e. The minimum atomic E-state index is -0.102. The molecule has 0 atom stereocenters. The highest BCUT2D eigenvalue weighted by molar-refractivity contribution is 5.79. The zero-order valence-corrected chi connectivity index (χ0v) is 15.7. The predicted molar refractivity (Wildman–Crippen MR) is 107 cm³/mol. The molecule has 0 saturated heterocycles. The number of nitrogens with one attached hydrogen (secondary N) is 2. The van der Waals surface area contributed by atoms with Gasteiger partial charge in [-0.25, -0.2) is 0 Å². The minimum Gasteiger partial charge on any atom is -0.496 e. The molecule has 0 radical (unpaired) electrons. The Balaban J connectivity index is 1.55. The molecule has 0 fully saturated rings. The zero-order chi connectivity index (χ0) is 19.2. The highest BCUT2D eigenvalue weighted by Gasteiger charge is 2.07. The van der Waals surface area contributed by atoms with E-state index in [2.05, 4.69) is 10.3 Å². The maximum atomic E-state index is 12.2. The lowest BCUT2D eigenvalue weighted by Crippen LogP contribution is -2.27. The van der Waals surface area contributed by atoms with Crippen molar-refractivity contribution in [2.45, 2.75) is 26.2 Å². The molecule has 0 aliphatic rings. The van der Waals surface area contributed by atoms with Gasteiger partial charge in [0, 0.05) is 24.0 Å². The minimum absolute atomic E-state index is 0.0334. The molecule has 1 aromatic heterocycles. The first-order chi connectivity index (χ1) is 13.1. The number of benzene rings is 2. The van der Waals surface area contributed by atoms with Crippen LogP contribution in [-0.4, -0.2) is 24.5 Å². The Bertz CT molecular complexity index is 1010. The Morgan fingerprint density at radius 2 is 1.89 bits per heavy atom. The number of ether oxygens (including phenoxy) is 1. The number of methoxy groups -OCH3 is 1. The maximum absolute atomic E-state index is 12.2. The number of amides is 1. The van der Waals surface area contributed by atoms with Crippen molar-refractivity contribution in [1.29, 1.82) is 0 Å². The summed E-state index contributed by atoms with van der Waals surface area (Å²) in [6.07, 6.45) is 1.50. The van der Waals surface area contributed by atoms with Crippen molar-refractivity contribution in [3.8, 4) is 5.75 Å². The summed E-state index contributed by atoms with van der Waals surface area (Å²) in [7, 11) is 1.63. The average molecular weight is 364 g/mol. The average Bonchev–Trinajstić information content (AvgIpc) is 2.67. The van der Waals surface area contributed by atoms with Crippen LogP contribution in [0.5, 0.6) is 5.75 Å². The Labute approximate surface area is 158 Å². The largest absolute Gasteiger partial charge is 0.496 e. The van der Waals surface area contributed by atoms with Crippen molar-refractivity contribution in [2.24, 2.45) is 0 Å². The molecule has 0 unspecified atom stereocenters. The molecule has 5 nitrogen and oxygen atoms in total. The second kappa shape index (κ2) is 8.54. The van der Waals surface area contributed by atoms with Gasteiger partial charge in [-0.3, -0.25) is 9.59 Å². The van der Waals surface area contributed by atoms with Crippen molar-refractivity contribution in [2.75, 3.05) is 13.7 Å². The van der Waals surface area contributed by atoms with E-state index in [1.165, 1.54) is 0 Å². The van der Waals surface area contributed by atoms with Gasteiger partial charge in [0.1, 0.15) is 5.75 Å². The zero-order valence-electron chi connectivity index (χ0n) is 15.7. The van der Waals surface area contributed by atoms with E-state index in [9.17, 15) is 9.59 Å². The van der Waals surface area contributed by atoms with Gasteiger partial charge >= 0.3 is 0 Å². The summed E-state index contributed by atoms with van der Waals surface area (Å²) >= 11 is 0. The van der Waals surface area contributed by atoms with Crippen LogP contribution in [0.15, 0.2) is 53.3 Å². The number of hydrogen-bond donors (Lipinski definition) is 2. The summed E-state index contributed by atoms with van der Waals surface area (Å²) in [5.74, 6) is 0.761. The molecule has 1 heterocycles. The van der Waals surface area contributed by atoms with Gasteiger partial charge < -0.3 is 15.0 Å². The van der Waals surface area contributed by atoms with E-state index in [1.54, 1.807) is 7.11 Å². The molecular weight excluding hydrogens is 340 g/mol. The standard InChI is InChI=1S/C22H24N2O3/c1-15-7-9-19-18(13-15)14-17(22(26)24-19)11-12-23-21(25)10-8-16-5-3-4-6-20(16)27-2/h3-7,9,13-14H,8,10-12H2,1-2H3,(H,23,25)(H,24,26). The van der Waals surface area contributed by atoms with Crippen LogP contribution in [0.25, 0.3) is 10.9 Å². The predicted octanol–water partition coefficient (Wildman–Crippen LogP) is 3.14. The van der Waals surface area contributed by atoms with Crippen molar-refractivity contribution in [3.05, 3.63) is 75.6 Å². The molecule has 2 N–H and O–H groups in total. The summed E-state index contributed by atoms with van der Waals surface area (Å²) in [6.45, 7) is 2.46. The molecule has 0 saturated carbocycles. The quantitative estimate of drug-likeness (QED) is 0.677. The second-order valence-corrected chi connectivity index (χ2v) is 6.63. The third-order valence-corrected chi connectivity index (χ3v) is 4.61. The highest BCUT2D eigenvalue weighted by Crippen LogP contribution is 2.18. The number of pyridine rings is 1. The maximum Gasteiger partial charge on any atom is 0.251 e.